The summed E-state index contributed by atoms with van der Waals surface area (Å²) in [4.78, 5) is 14.6. The number of piperidine rings is 1. The minimum Gasteiger partial charge on any atom is -0.497 e. The van der Waals surface area contributed by atoms with Gasteiger partial charge in [-0.25, -0.2) is 8.42 Å². The second kappa shape index (κ2) is 7.42. The molecule has 0 spiro atoms. The molecule has 1 aromatic rings. The second-order valence-corrected chi connectivity index (χ2v) is 8.33. The van der Waals surface area contributed by atoms with Crippen LogP contribution in [0.4, 0.5) is 5.69 Å². The Kier molecular flexibility index (Phi) is 5.74. The molecule has 0 bridgehead atoms. The zero-order valence-corrected chi connectivity index (χ0v) is 15.5. The molecule has 134 valence electrons. The van der Waals surface area contributed by atoms with Crippen molar-refractivity contribution < 1.29 is 17.9 Å². The Balaban J connectivity index is 2.32. The van der Waals surface area contributed by atoms with Crippen molar-refractivity contribution in [1.82, 2.24) is 4.90 Å². The summed E-state index contributed by atoms with van der Waals surface area (Å²) in [6, 6.07) is 5.96. The summed E-state index contributed by atoms with van der Waals surface area (Å²) in [6.45, 7) is 5.12. The smallest absolute Gasteiger partial charge is 0.246 e. The minimum atomic E-state index is -3.61. The fraction of sp³-hybridized carbons (Fsp3) is 0.588. The molecule has 1 heterocycles. The first-order chi connectivity index (χ1) is 11.2. The van der Waals surface area contributed by atoms with E-state index in [1.165, 1.54) is 11.4 Å². The highest BCUT2D eigenvalue weighted by molar-refractivity contribution is 7.92. The Bertz CT molecular complexity index is 690. The van der Waals surface area contributed by atoms with Crippen LogP contribution >= 0.6 is 0 Å². The molecule has 0 aliphatic carbocycles. The van der Waals surface area contributed by atoms with Crippen molar-refractivity contribution in [3.63, 3.8) is 0 Å². The largest absolute Gasteiger partial charge is 0.497 e. The van der Waals surface area contributed by atoms with Crippen LogP contribution in [0.25, 0.3) is 0 Å². The van der Waals surface area contributed by atoms with Crippen LogP contribution in [-0.2, 0) is 14.8 Å². The molecule has 0 saturated carbocycles. The number of anilines is 1. The fourth-order valence-electron chi connectivity index (χ4n) is 3.20. The van der Waals surface area contributed by atoms with Gasteiger partial charge in [0.15, 0.2) is 0 Å². The summed E-state index contributed by atoms with van der Waals surface area (Å²) in [7, 11) is -2.09. The van der Waals surface area contributed by atoms with Crippen LogP contribution in [0.15, 0.2) is 24.3 Å². The van der Waals surface area contributed by atoms with Crippen LogP contribution in [0.2, 0.25) is 0 Å². The molecular formula is C17H26N2O4S. The molecule has 1 saturated heterocycles. The summed E-state index contributed by atoms with van der Waals surface area (Å²) < 4.78 is 31.0. The first-order valence-electron chi connectivity index (χ1n) is 8.16. The predicted octanol–water partition coefficient (Wildman–Crippen LogP) is 2.11. The van der Waals surface area contributed by atoms with Gasteiger partial charge in [-0.1, -0.05) is 13.0 Å². The van der Waals surface area contributed by atoms with Crippen molar-refractivity contribution in [3.8, 4) is 5.75 Å². The van der Waals surface area contributed by atoms with Crippen LogP contribution < -0.4 is 9.04 Å². The molecule has 7 heteroatoms. The van der Waals surface area contributed by atoms with Gasteiger partial charge in [-0.2, -0.15) is 0 Å². The highest BCUT2D eigenvalue weighted by Gasteiger charge is 2.33. The lowest BCUT2D eigenvalue weighted by atomic mass is 10.00. The molecule has 1 aromatic carbocycles. The van der Waals surface area contributed by atoms with Gasteiger partial charge >= 0.3 is 0 Å². The Morgan fingerprint density at radius 3 is 2.71 bits per heavy atom. The molecule has 2 rings (SSSR count). The van der Waals surface area contributed by atoms with Gasteiger partial charge in [0.2, 0.25) is 15.9 Å². The maximum Gasteiger partial charge on any atom is 0.246 e. The normalized spacial score (nSPS) is 19.7. The topological polar surface area (TPSA) is 66.9 Å². The molecule has 1 amide bonds. The Morgan fingerprint density at radius 2 is 2.12 bits per heavy atom. The zero-order valence-electron chi connectivity index (χ0n) is 14.7. The van der Waals surface area contributed by atoms with Crippen LogP contribution in [0.1, 0.15) is 26.7 Å². The number of hydrogen-bond acceptors (Lipinski definition) is 4. The first-order valence-corrected chi connectivity index (χ1v) is 10.0. The standard InChI is InChI=1S/C17H26N2O4S/c1-13-7-6-10-18(12-13)17(20)14(2)19(24(4,21)22)15-8-5-9-16(11-15)23-3/h5,8-9,11,13-14H,6-7,10,12H2,1-4H3/t13-,14+/m0/s1. The zero-order chi connectivity index (χ0) is 17.9. The Hall–Kier alpha value is -1.76. The van der Waals surface area contributed by atoms with E-state index in [2.05, 4.69) is 6.92 Å². The van der Waals surface area contributed by atoms with Crippen molar-refractivity contribution in [2.45, 2.75) is 32.7 Å². The summed E-state index contributed by atoms with van der Waals surface area (Å²) >= 11 is 0. The van der Waals surface area contributed by atoms with E-state index in [4.69, 9.17) is 4.74 Å². The lowest BCUT2D eigenvalue weighted by Gasteiger charge is -2.36. The molecular weight excluding hydrogens is 328 g/mol. The van der Waals surface area contributed by atoms with Gasteiger partial charge < -0.3 is 9.64 Å². The average Bonchev–Trinajstić information content (AvgIpc) is 2.53. The molecule has 0 N–H and O–H groups in total. The third-order valence-corrected chi connectivity index (χ3v) is 5.58. The molecule has 2 atom stereocenters. The summed E-state index contributed by atoms with van der Waals surface area (Å²) in [5, 5.41) is 0. The number of carbonyl (C=O) groups is 1. The molecule has 1 aliphatic heterocycles. The number of methoxy groups -OCH3 is 1. The van der Waals surface area contributed by atoms with Crippen molar-refractivity contribution >= 4 is 21.6 Å². The van der Waals surface area contributed by atoms with Crippen LogP contribution in [0, 0.1) is 5.92 Å². The molecule has 0 aromatic heterocycles. The number of likely N-dealkylation sites (tertiary alicyclic amines) is 1. The quantitative estimate of drug-likeness (QED) is 0.812. The van der Waals surface area contributed by atoms with Crippen molar-refractivity contribution in [2.24, 2.45) is 5.92 Å². The van der Waals surface area contributed by atoms with Gasteiger partial charge in [0.25, 0.3) is 0 Å². The number of amides is 1. The van der Waals surface area contributed by atoms with E-state index in [-0.39, 0.29) is 5.91 Å². The number of sulfonamides is 1. The highest BCUT2D eigenvalue weighted by Crippen LogP contribution is 2.26. The molecule has 0 radical (unpaired) electrons. The van der Waals surface area contributed by atoms with E-state index >= 15 is 0 Å². The van der Waals surface area contributed by atoms with Crippen LogP contribution in [0.3, 0.4) is 0 Å². The van der Waals surface area contributed by atoms with E-state index in [1.807, 2.05) is 0 Å². The van der Waals surface area contributed by atoms with E-state index in [9.17, 15) is 13.2 Å². The molecule has 6 nitrogen and oxygen atoms in total. The highest BCUT2D eigenvalue weighted by atomic mass is 32.2. The monoisotopic (exact) mass is 354 g/mol. The van der Waals surface area contributed by atoms with E-state index in [0.29, 0.717) is 30.4 Å². The average molecular weight is 354 g/mol. The molecule has 0 unspecified atom stereocenters. The summed E-state index contributed by atoms with van der Waals surface area (Å²) in [6.07, 6.45) is 3.18. The Labute approximate surface area is 144 Å². The SMILES string of the molecule is COc1cccc(N([C@H](C)C(=O)N2CCC[C@H](C)C2)S(C)(=O)=O)c1. The number of rotatable bonds is 5. The number of carbonyl (C=O) groups excluding carboxylic acids is 1. The van der Waals surface area contributed by atoms with Gasteiger partial charge in [-0.05, 0) is 37.8 Å². The molecule has 1 aliphatic rings. The van der Waals surface area contributed by atoms with Gasteiger partial charge in [-0.15, -0.1) is 0 Å². The predicted molar refractivity (Wildman–Crippen MR) is 94.8 cm³/mol. The van der Waals surface area contributed by atoms with Crippen molar-refractivity contribution in [2.75, 3.05) is 30.8 Å². The molecule has 1 fully saturated rings. The number of ether oxygens (including phenoxy) is 1. The Morgan fingerprint density at radius 1 is 1.42 bits per heavy atom. The van der Waals surface area contributed by atoms with E-state index in [0.717, 1.165) is 19.1 Å². The number of benzene rings is 1. The maximum atomic E-state index is 12.8. The number of nitrogens with zero attached hydrogens (tertiary/aromatic N) is 2. The second-order valence-electron chi connectivity index (χ2n) is 6.47. The van der Waals surface area contributed by atoms with E-state index < -0.39 is 16.1 Å². The van der Waals surface area contributed by atoms with Crippen LogP contribution in [0.5, 0.6) is 5.75 Å². The third kappa shape index (κ3) is 4.20. The fourth-order valence-corrected chi connectivity index (χ4v) is 4.37. The van der Waals surface area contributed by atoms with Gasteiger partial charge in [-0.3, -0.25) is 9.10 Å². The van der Waals surface area contributed by atoms with Crippen molar-refractivity contribution in [1.29, 1.82) is 0 Å². The first kappa shape index (κ1) is 18.6. The van der Waals surface area contributed by atoms with Crippen molar-refractivity contribution in [3.05, 3.63) is 24.3 Å². The summed E-state index contributed by atoms with van der Waals surface area (Å²) in [5.41, 5.74) is 0.433. The maximum absolute atomic E-state index is 12.8. The van der Waals surface area contributed by atoms with Crippen LogP contribution in [-0.4, -0.2) is 51.7 Å². The van der Waals surface area contributed by atoms with Gasteiger partial charge in [0.1, 0.15) is 11.8 Å². The minimum absolute atomic E-state index is 0.158. The van der Waals surface area contributed by atoms with Gasteiger partial charge in [0, 0.05) is 19.2 Å². The molecule has 24 heavy (non-hydrogen) atoms. The third-order valence-electron chi connectivity index (χ3n) is 4.34. The van der Waals surface area contributed by atoms with Gasteiger partial charge in [0.05, 0.1) is 19.1 Å². The lowest BCUT2D eigenvalue weighted by molar-refractivity contribution is -0.133. The summed E-state index contributed by atoms with van der Waals surface area (Å²) in [5.74, 6) is 0.834. The number of hydrogen-bond donors (Lipinski definition) is 0. The lowest BCUT2D eigenvalue weighted by Crippen LogP contribution is -2.51. The van der Waals surface area contributed by atoms with E-state index in [1.54, 1.807) is 36.1 Å².